The minimum absolute atomic E-state index is 0.273. The van der Waals surface area contributed by atoms with Crippen molar-refractivity contribution in [2.75, 3.05) is 7.11 Å². The maximum atomic E-state index is 10.6. The zero-order valence-electron chi connectivity index (χ0n) is 6.37. The summed E-state index contributed by atoms with van der Waals surface area (Å²) in [6.07, 6.45) is 0. The van der Waals surface area contributed by atoms with Crippen molar-refractivity contribution in [2.24, 2.45) is 0 Å². The molecular weight excluding hydrogens is 271 g/mol. The van der Waals surface area contributed by atoms with Crippen LogP contribution in [0, 0.1) is 3.57 Å². The maximum absolute atomic E-state index is 10.6. The lowest BCUT2D eigenvalue weighted by atomic mass is 10.2. The Bertz CT molecular complexity index is 309. The first-order valence-electron chi connectivity index (χ1n) is 3.22. The molecule has 0 unspecified atom stereocenters. The summed E-state index contributed by atoms with van der Waals surface area (Å²) in [6, 6.07) is 4.95. The summed E-state index contributed by atoms with van der Waals surface area (Å²) in [5, 5.41) is 8.73. The number of hydrogen-bond acceptors (Lipinski definition) is 2. The fraction of sp³-hybridized carbons (Fsp3) is 0.125. The van der Waals surface area contributed by atoms with Crippen LogP contribution in [0.25, 0.3) is 0 Å². The van der Waals surface area contributed by atoms with Gasteiger partial charge in [-0.1, -0.05) is 0 Å². The molecule has 0 bridgehead atoms. The highest BCUT2D eigenvalue weighted by Gasteiger charge is 2.08. The van der Waals surface area contributed by atoms with Gasteiger partial charge in [-0.3, -0.25) is 0 Å². The number of carboxylic acid groups (broad SMARTS) is 1. The summed E-state index contributed by atoms with van der Waals surface area (Å²) >= 11 is 1.97. The molecule has 64 valence electrons. The SMILES string of the molecule is COc1ccc(I)c(C(=O)O)c1. The van der Waals surface area contributed by atoms with Gasteiger partial charge >= 0.3 is 5.97 Å². The monoisotopic (exact) mass is 278 g/mol. The van der Waals surface area contributed by atoms with Gasteiger partial charge < -0.3 is 9.84 Å². The van der Waals surface area contributed by atoms with Crippen LogP contribution in [-0.4, -0.2) is 18.2 Å². The normalized spacial score (nSPS) is 9.50. The molecule has 1 aromatic carbocycles. The first-order valence-corrected chi connectivity index (χ1v) is 4.30. The van der Waals surface area contributed by atoms with Crippen LogP contribution in [0.4, 0.5) is 0 Å². The third-order valence-electron chi connectivity index (χ3n) is 1.40. The Hall–Kier alpha value is -0.780. The average Bonchev–Trinajstić information content (AvgIpc) is 2.05. The fourth-order valence-electron chi connectivity index (χ4n) is 0.795. The Kier molecular flexibility index (Phi) is 2.91. The van der Waals surface area contributed by atoms with Gasteiger partial charge in [-0.05, 0) is 40.8 Å². The highest BCUT2D eigenvalue weighted by molar-refractivity contribution is 14.1. The molecule has 0 radical (unpaired) electrons. The second-order valence-corrected chi connectivity index (χ2v) is 3.31. The molecule has 1 N–H and O–H groups in total. The number of aromatic carboxylic acids is 1. The standard InChI is InChI=1S/C8H7IO3/c1-12-5-2-3-7(9)6(4-5)8(10)11/h2-4H,1H3,(H,10,11). The molecule has 0 aliphatic heterocycles. The summed E-state index contributed by atoms with van der Waals surface area (Å²) in [6.45, 7) is 0. The third-order valence-corrected chi connectivity index (χ3v) is 2.34. The Morgan fingerprint density at radius 2 is 2.25 bits per heavy atom. The lowest BCUT2D eigenvalue weighted by Gasteiger charge is -2.02. The van der Waals surface area contributed by atoms with E-state index in [9.17, 15) is 4.79 Å². The minimum atomic E-state index is -0.932. The van der Waals surface area contributed by atoms with Crippen molar-refractivity contribution in [3.8, 4) is 5.75 Å². The van der Waals surface area contributed by atoms with Crippen LogP contribution in [0.15, 0.2) is 18.2 Å². The first kappa shape index (κ1) is 9.31. The van der Waals surface area contributed by atoms with Gasteiger partial charge in [-0.2, -0.15) is 0 Å². The molecule has 1 aromatic rings. The zero-order chi connectivity index (χ0) is 9.14. The molecule has 3 nitrogen and oxygen atoms in total. The number of methoxy groups -OCH3 is 1. The number of ether oxygens (including phenoxy) is 1. The second-order valence-electron chi connectivity index (χ2n) is 2.15. The number of benzene rings is 1. The number of carboxylic acids is 1. The van der Waals surface area contributed by atoms with Gasteiger partial charge in [0.2, 0.25) is 0 Å². The molecular formula is C8H7IO3. The van der Waals surface area contributed by atoms with Crippen molar-refractivity contribution >= 4 is 28.6 Å². The molecule has 4 heteroatoms. The van der Waals surface area contributed by atoms with Crippen LogP contribution in [-0.2, 0) is 0 Å². The summed E-state index contributed by atoms with van der Waals surface area (Å²) in [7, 11) is 1.51. The summed E-state index contributed by atoms with van der Waals surface area (Å²) in [5.41, 5.74) is 0.273. The first-order chi connectivity index (χ1) is 5.65. The molecule has 1 rings (SSSR count). The van der Waals surface area contributed by atoms with Gasteiger partial charge in [0.1, 0.15) is 5.75 Å². The van der Waals surface area contributed by atoms with E-state index in [1.54, 1.807) is 12.1 Å². The second kappa shape index (κ2) is 3.75. The van der Waals surface area contributed by atoms with E-state index in [2.05, 4.69) is 0 Å². The van der Waals surface area contributed by atoms with Gasteiger partial charge in [0, 0.05) is 3.57 Å². The number of halogens is 1. The van der Waals surface area contributed by atoms with E-state index in [4.69, 9.17) is 9.84 Å². The zero-order valence-corrected chi connectivity index (χ0v) is 8.53. The Morgan fingerprint density at radius 1 is 1.58 bits per heavy atom. The lowest BCUT2D eigenvalue weighted by molar-refractivity contribution is 0.0695. The quantitative estimate of drug-likeness (QED) is 0.841. The van der Waals surface area contributed by atoms with E-state index in [1.165, 1.54) is 13.2 Å². The molecule has 0 aromatic heterocycles. The van der Waals surface area contributed by atoms with Crippen molar-refractivity contribution in [1.82, 2.24) is 0 Å². The van der Waals surface area contributed by atoms with Gasteiger partial charge in [0.25, 0.3) is 0 Å². The summed E-state index contributed by atoms with van der Waals surface area (Å²) < 4.78 is 5.60. The van der Waals surface area contributed by atoms with Crippen molar-refractivity contribution in [3.05, 3.63) is 27.3 Å². The summed E-state index contributed by atoms with van der Waals surface area (Å²) in [4.78, 5) is 10.6. The van der Waals surface area contributed by atoms with Gasteiger partial charge in [0.05, 0.1) is 12.7 Å². The highest BCUT2D eigenvalue weighted by atomic mass is 127. The van der Waals surface area contributed by atoms with Crippen LogP contribution < -0.4 is 4.74 Å². The molecule has 0 atom stereocenters. The molecule has 0 heterocycles. The van der Waals surface area contributed by atoms with Crippen LogP contribution in [0.2, 0.25) is 0 Å². The van der Waals surface area contributed by atoms with Crippen LogP contribution in [0.1, 0.15) is 10.4 Å². The van der Waals surface area contributed by atoms with Gasteiger partial charge in [0.15, 0.2) is 0 Å². The van der Waals surface area contributed by atoms with Crippen LogP contribution >= 0.6 is 22.6 Å². The van der Waals surface area contributed by atoms with E-state index in [0.29, 0.717) is 9.32 Å². The van der Waals surface area contributed by atoms with E-state index >= 15 is 0 Å². The Labute approximate surface area is 83.5 Å². The van der Waals surface area contributed by atoms with Crippen molar-refractivity contribution in [1.29, 1.82) is 0 Å². The molecule has 0 fully saturated rings. The topological polar surface area (TPSA) is 46.5 Å². The van der Waals surface area contributed by atoms with Crippen molar-refractivity contribution in [2.45, 2.75) is 0 Å². The van der Waals surface area contributed by atoms with E-state index in [1.807, 2.05) is 22.6 Å². The largest absolute Gasteiger partial charge is 0.497 e. The third kappa shape index (κ3) is 1.88. The van der Waals surface area contributed by atoms with Crippen LogP contribution in [0.5, 0.6) is 5.75 Å². The highest BCUT2D eigenvalue weighted by Crippen LogP contribution is 2.18. The summed E-state index contributed by atoms with van der Waals surface area (Å²) in [5.74, 6) is -0.369. The average molecular weight is 278 g/mol. The fourth-order valence-corrected chi connectivity index (χ4v) is 1.36. The van der Waals surface area contributed by atoms with E-state index in [-0.39, 0.29) is 5.56 Å². The Balaban J connectivity index is 3.17. The van der Waals surface area contributed by atoms with E-state index < -0.39 is 5.97 Å². The number of hydrogen-bond donors (Lipinski definition) is 1. The molecule has 0 spiro atoms. The maximum Gasteiger partial charge on any atom is 0.336 e. The molecule has 0 amide bonds. The molecule has 12 heavy (non-hydrogen) atoms. The van der Waals surface area contributed by atoms with Gasteiger partial charge in [-0.25, -0.2) is 4.79 Å². The molecule has 0 aliphatic carbocycles. The van der Waals surface area contributed by atoms with Gasteiger partial charge in [-0.15, -0.1) is 0 Å². The van der Waals surface area contributed by atoms with E-state index in [0.717, 1.165) is 0 Å². The smallest absolute Gasteiger partial charge is 0.336 e. The number of rotatable bonds is 2. The van der Waals surface area contributed by atoms with Crippen molar-refractivity contribution < 1.29 is 14.6 Å². The Morgan fingerprint density at radius 3 is 2.75 bits per heavy atom. The van der Waals surface area contributed by atoms with Crippen LogP contribution in [0.3, 0.4) is 0 Å². The minimum Gasteiger partial charge on any atom is -0.497 e. The molecule has 0 saturated carbocycles. The molecule has 0 saturated heterocycles. The lowest BCUT2D eigenvalue weighted by Crippen LogP contribution is -1.99. The molecule has 0 aliphatic rings. The van der Waals surface area contributed by atoms with Crippen molar-refractivity contribution in [3.63, 3.8) is 0 Å². The number of carbonyl (C=O) groups is 1. The predicted molar refractivity (Wildman–Crippen MR) is 52.7 cm³/mol. The predicted octanol–water partition coefficient (Wildman–Crippen LogP) is 2.00.